The van der Waals surface area contributed by atoms with Crippen LogP contribution < -0.4 is 10.6 Å². The van der Waals surface area contributed by atoms with Gasteiger partial charge in [-0.05, 0) is 19.1 Å². The average molecular weight is 193 g/mol. The van der Waals surface area contributed by atoms with Gasteiger partial charge in [-0.3, -0.25) is 0 Å². The minimum Gasteiger partial charge on any atom is -0.396 e. The first kappa shape index (κ1) is 9.27. The van der Waals surface area contributed by atoms with E-state index < -0.39 is 0 Å². The number of anilines is 2. The number of nitrogen functional groups attached to an aromatic ring is 1. The highest BCUT2D eigenvalue weighted by atomic mass is 16.5. The van der Waals surface area contributed by atoms with Crippen molar-refractivity contribution < 1.29 is 4.74 Å². The maximum absolute atomic E-state index is 5.82. The van der Waals surface area contributed by atoms with E-state index in [0.717, 1.165) is 24.6 Å². The van der Waals surface area contributed by atoms with Crippen molar-refractivity contribution in [1.29, 1.82) is 0 Å². The first-order chi connectivity index (χ1) is 6.64. The summed E-state index contributed by atoms with van der Waals surface area (Å²) in [6.45, 7) is 3.79. The van der Waals surface area contributed by atoms with E-state index in [0.29, 0.717) is 0 Å². The van der Waals surface area contributed by atoms with Gasteiger partial charge in [0.1, 0.15) is 0 Å². The zero-order valence-corrected chi connectivity index (χ0v) is 8.53. The van der Waals surface area contributed by atoms with Crippen molar-refractivity contribution in [3.8, 4) is 0 Å². The van der Waals surface area contributed by atoms with Gasteiger partial charge in [0.2, 0.25) is 0 Å². The Morgan fingerprint density at radius 1 is 1.57 bits per heavy atom. The number of pyridine rings is 1. The largest absolute Gasteiger partial charge is 0.396 e. The molecular weight excluding hydrogens is 178 g/mol. The van der Waals surface area contributed by atoms with E-state index in [-0.39, 0.29) is 5.60 Å². The molecule has 0 spiro atoms. The molecule has 1 aliphatic heterocycles. The van der Waals surface area contributed by atoms with E-state index in [2.05, 4.69) is 16.8 Å². The van der Waals surface area contributed by atoms with Gasteiger partial charge < -0.3 is 15.4 Å². The van der Waals surface area contributed by atoms with Crippen LogP contribution in [0.25, 0.3) is 0 Å². The quantitative estimate of drug-likeness (QED) is 0.757. The molecule has 76 valence electrons. The third kappa shape index (κ3) is 1.42. The van der Waals surface area contributed by atoms with Crippen molar-refractivity contribution in [2.75, 3.05) is 30.8 Å². The maximum atomic E-state index is 5.82. The van der Waals surface area contributed by atoms with Gasteiger partial charge in [-0.1, -0.05) is 0 Å². The fraction of sp³-hybridized carbons (Fsp3) is 0.500. The van der Waals surface area contributed by atoms with Crippen molar-refractivity contribution in [2.24, 2.45) is 0 Å². The maximum Gasteiger partial charge on any atom is 0.151 e. The van der Waals surface area contributed by atoms with Crippen LogP contribution >= 0.6 is 0 Å². The van der Waals surface area contributed by atoms with Gasteiger partial charge in [-0.15, -0.1) is 0 Å². The van der Waals surface area contributed by atoms with Crippen LogP contribution in [0.1, 0.15) is 6.92 Å². The van der Waals surface area contributed by atoms with Gasteiger partial charge in [-0.2, -0.15) is 0 Å². The van der Waals surface area contributed by atoms with Gasteiger partial charge in [0.15, 0.2) is 5.82 Å². The van der Waals surface area contributed by atoms with Crippen molar-refractivity contribution in [3.63, 3.8) is 0 Å². The van der Waals surface area contributed by atoms with Crippen LogP contribution in [0.15, 0.2) is 18.3 Å². The van der Waals surface area contributed by atoms with Gasteiger partial charge >= 0.3 is 0 Å². The van der Waals surface area contributed by atoms with E-state index >= 15 is 0 Å². The predicted octanol–water partition coefficient (Wildman–Crippen LogP) is 0.889. The van der Waals surface area contributed by atoms with Crippen molar-refractivity contribution in [3.05, 3.63) is 18.3 Å². The Balaban J connectivity index is 2.10. The summed E-state index contributed by atoms with van der Waals surface area (Å²) in [5, 5.41) is 0. The predicted molar refractivity (Wildman–Crippen MR) is 56.3 cm³/mol. The zero-order valence-electron chi connectivity index (χ0n) is 8.53. The highest BCUT2D eigenvalue weighted by Crippen LogP contribution is 2.31. The minimum atomic E-state index is -0.0377. The molecule has 1 aromatic rings. The Morgan fingerprint density at radius 3 is 2.86 bits per heavy atom. The lowest BCUT2D eigenvalue weighted by molar-refractivity contribution is -0.0170. The smallest absolute Gasteiger partial charge is 0.151 e. The summed E-state index contributed by atoms with van der Waals surface area (Å²) in [5.74, 6) is 0.863. The van der Waals surface area contributed by atoms with Gasteiger partial charge in [0.05, 0.1) is 24.4 Å². The van der Waals surface area contributed by atoms with Crippen LogP contribution in [-0.4, -0.2) is 30.8 Å². The molecule has 0 bridgehead atoms. The second-order valence-electron chi connectivity index (χ2n) is 3.93. The van der Waals surface area contributed by atoms with E-state index in [1.807, 2.05) is 12.1 Å². The summed E-state index contributed by atoms with van der Waals surface area (Å²) in [7, 11) is 1.74. The molecule has 0 amide bonds. The Bertz CT molecular complexity index is 334. The molecule has 1 aromatic heterocycles. The van der Waals surface area contributed by atoms with E-state index in [9.17, 15) is 0 Å². The van der Waals surface area contributed by atoms with E-state index in [4.69, 9.17) is 10.5 Å². The molecule has 1 fully saturated rings. The fourth-order valence-corrected chi connectivity index (χ4v) is 1.71. The summed E-state index contributed by atoms with van der Waals surface area (Å²) in [5.41, 5.74) is 6.51. The number of nitrogens with zero attached hydrogens (tertiary/aromatic N) is 2. The summed E-state index contributed by atoms with van der Waals surface area (Å²) in [6.07, 6.45) is 1.76. The van der Waals surface area contributed by atoms with Crippen molar-refractivity contribution >= 4 is 11.5 Å². The molecule has 0 atom stereocenters. The average Bonchev–Trinajstić information content (AvgIpc) is 2.14. The van der Waals surface area contributed by atoms with Crippen LogP contribution in [0.5, 0.6) is 0 Å². The molecule has 0 unspecified atom stereocenters. The Kier molecular flexibility index (Phi) is 2.07. The lowest BCUT2D eigenvalue weighted by Crippen LogP contribution is -2.61. The van der Waals surface area contributed by atoms with Crippen LogP contribution in [0.2, 0.25) is 0 Å². The van der Waals surface area contributed by atoms with E-state index in [1.165, 1.54) is 0 Å². The normalized spacial score (nSPS) is 19.1. The molecule has 4 nitrogen and oxygen atoms in total. The fourth-order valence-electron chi connectivity index (χ4n) is 1.71. The Morgan fingerprint density at radius 2 is 2.29 bits per heavy atom. The molecule has 2 heterocycles. The lowest BCUT2D eigenvalue weighted by atomic mass is 9.96. The molecule has 1 saturated heterocycles. The number of aromatic nitrogens is 1. The molecule has 2 N–H and O–H groups in total. The summed E-state index contributed by atoms with van der Waals surface area (Å²) >= 11 is 0. The minimum absolute atomic E-state index is 0.0377. The van der Waals surface area contributed by atoms with Crippen LogP contribution in [0.4, 0.5) is 11.5 Å². The SMILES string of the molecule is COC1(C)CN(c2ncccc2N)C1. The zero-order chi connectivity index (χ0) is 10.2. The van der Waals surface area contributed by atoms with E-state index in [1.54, 1.807) is 13.3 Å². The first-order valence-electron chi connectivity index (χ1n) is 4.65. The highest BCUT2D eigenvalue weighted by Gasteiger charge is 2.40. The molecule has 0 saturated carbocycles. The topological polar surface area (TPSA) is 51.4 Å². The van der Waals surface area contributed by atoms with Crippen LogP contribution in [0.3, 0.4) is 0 Å². The molecule has 0 aliphatic carbocycles. The number of nitrogens with two attached hydrogens (primary N) is 1. The molecular formula is C10H15N3O. The second-order valence-corrected chi connectivity index (χ2v) is 3.93. The third-order valence-electron chi connectivity index (χ3n) is 2.66. The van der Waals surface area contributed by atoms with Crippen molar-refractivity contribution in [1.82, 2.24) is 4.98 Å². The number of rotatable bonds is 2. The molecule has 0 aromatic carbocycles. The molecule has 0 radical (unpaired) electrons. The van der Waals surface area contributed by atoms with Crippen LogP contribution in [-0.2, 0) is 4.74 Å². The monoisotopic (exact) mass is 193 g/mol. The van der Waals surface area contributed by atoms with Gasteiger partial charge in [0.25, 0.3) is 0 Å². The van der Waals surface area contributed by atoms with Crippen LogP contribution in [0, 0.1) is 0 Å². The number of hydrogen-bond donors (Lipinski definition) is 1. The van der Waals surface area contributed by atoms with Crippen molar-refractivity contribution in [2.45, 2.75) is 12.5 Å². The molecule has 14 heavy (non-hydrogen) atoms. The number of ether oxygens (including phenoxy) is 1. The molecule has 4 heteroatoms. The first-order valence-corrected chi connectivity index (χ1v) is 4.65. The summed E-state index contributed by atoms with van der Waals surface area (Å²) < 4.78 is 5.35. The summed E-state index contributed by atoms with van der Waals surface area (Å²) in [4.78, 5) is 6.37. The van der Waals surface area contributed by atoms with Gasteiger partial charge in [0, 0.05) is 13.3 Å². The molecule has 2 rings (SSSR count). The number of methoxy groups -OCH3 is 1. The highest BCUT2D eigenvalue weighted by molar-refractivity contribution is 5.64. The Hall–Kier alpha value is -1.29. The third-order valence-corrected chi connectivity index (χ3v) is 2.66. The lowest BCUT2D eigenvalue weighted by Gasteiger charge is -2.47. The second kappa shape index (κ2) is 3.13. The standard InChI is InChI=1S/C10H15N3O/c1-10(14-2)6-13(7-10)9-8(11)4-3-5-12-9/h3-5H,6-7,11H2,1-2H3. The molecule has 1 aliphatic rings. The number of hydrogen-bond acceptors (Lipinski definition) is 4. The summed E-state index contributed by atoms with van der Waals surface area (Å²) in [6, 6.07) is 3.71. The Labute approximate surface area is 83.7 Å². The van der Waals surface area contributed by atoms with Gasteiger partial charge in [-0.25, -0.2) is 4.98 Å².